The van der Waals surface area contributed by atoms with Crippen LogP contribution < -0.4 is 20.1 Å². The molecule has 10 nitrogen and oxygen atoms in total. The first-order chi connectivity index (χ1) is 20.3. The van der Waals surface area contributed by atoms with Gasteiger partial charge in [0.15, 0.2) is 5.82 Å². The summed E-state index contributed by atoms with van der Waals surface area (Å²) >= 11 is 0.981. The zero-order valence-corrected chi connectivity index (χ0v) is 23.7. The molecular weight excluding hydrogens is 571 g/mol. The zero-order valence-electron chi connectivity index (χ0n) is 22.9. The standard InChI is InChI=1S/C21H18F2N6O3S.C7H12FN/c1-31-21-27-16-13-19(28-21)29(4-6-30)5-7-32-20(13)26-15(14(16)23)9-2-3-11(22)17-12(9)10(8-24)18(25)33-17;8-6-4-7-2-1-3-9(7)5-6/h2-3,8,24,30H,4-7,25H2,1H3;6-7H,1-5H2. The van der Waals surface area contributed by atoms with Gasteiger partial charge in [0.05, 0.1) is 30.0 Å². The van der Waals surface area contributed by atoms with Gasteiger partial charge >= 0.3 is 6.01 Å². The van der Waals surface area contributed by atoms with Crippen molar-refractivity contribution < 1.29 is 27.8 Å². The first-order valence-corrected chi connectivity index (χ1v) is 14.5. The number of methoxy groups -OCH3 is 1. The van der Waals surface area contributed by atoms with Gasteiger partial charge in [0.2, 0.25) is 5.88 Å². The SMILES string of the molecule is COc1nc2c3c(nc(-c4ccc(F)c5sc(N)c(C=N)c45)c(F)c3n1)OCCN2CCO.FC1CC2CCCN2C1. The van der Waals surface area contributed by atoms with Crippen LogP contribution in [-0.4, -0.2) is 89.9 Å². The summed E-state index contributed by atoms with van der Waals surface area (Å²) in [6.45, 7) is 2.55. The van der Waals surface area contributed by atoms with E-state index >= 15 is 4.39 Å². The lowest BCUT2D eigenvalue weighted by Crippen LogP contribution is -2.30. The Morgan fingerprint density at radius 3 is 2.81 bits per heavy atom. The van der Waals surface area contributed by atoms with Crippen molar-refractivity contribution in [2.45, 2.75) is 31.5 Å². The average molecular weight is 602 g/mol. The molecule has 42 heavy (non-hydrogen) atoms. The van der Waals surface area contributed by atoms with Gasteiger partial charge in [-0.1, -0.05) is 0 Å². The van der Waals surface area contributed by atoms with E-state index in [0.717, 1.165) is 30.5 Å². The highest BCUT2D eigenvalue weighted by Gasteiger charge is 2.35. The topological polar surface area (TPSA) is 134 Å². The third kappa shape index (κ3) is 4.86. The number of aliphatic hydroxyl groups is 1. The van der Waals surface area contributed by atoms with Crippen LogP contribution >= 0.6 is 11.3 Å². The molecule has 0 spiro atoms. The maximum Gasteiger partial charge on any atom is 0.318 e. The molecule has 2 fully saturated rings. The number of nitrogens with two attached hydrogens (primary N) is 1. The number of anilines is 2. The van der Waals surface area contributed by atoms with Crippen molar-refractivity contribution in [3.05, 3.63) is 29.3 Å². The molecule has 2 atom stereocenters. The molecule has 0 saturated carbocycles. The molecular formula is C28H30F3N7O3S. The fraction of sp³-hybridized carbons (Fsp3) is 0.429. The predicted molar refractivity (Wildman–Crippen MR) is 156 cm³/mol. The van der Waals surface area contributed by atoms with E-state index in [1.165, 1.54) is 32.1 Å². The normalized spacial score (nSPS) is 19.8. The number of rotatable bonds is 5. The van der Waals surface area contributed by atoms with Crippen LogP contribution in [0.4, 0.5) is 24.0 Å². The van der Waals surface area contributed by atoms with Gasteiger partial charge in [-0.2, -0.15) is 9.97 Å². The van der Waals surface area contributed by atoms with Crippen LogP contribution in [0.25, 0.3) is 32.2 Å². The van der Waals surface area contributed by atoms with Crippen LogP contribution in [0.15, 0.2) is 12.1 Å². The van der Waals surface area contributed by atoms with Crippen LogP contribution in [0.5, 0.6) is 11.9 Å². The minimum absolute atomic E-state index is 0.0615. The van der Waals surface area contributed by atoms with Crippen LogP contribution in [-0.2, 0) is 0 Å². The zero-order chi connectivity index (χ0) is 29.5. The van der Waals surface area contributed by atoms with Gasteiger partial charge in [-0.3, -0.25) is 4.90 Å². The second-order valence-corrected chi connectivity index (χ2v) is 11.4. The van der Waals surface area contributed by atoms with Crippen molar-refractivity contribution in [2.75, 3.05) is 57.1 Å². The minimum atomic E-state index is -0.779. The van der Waals surface area contributed by atoms with E-state index in [2.05, 4.69) is 19.9 Å². The molecule has 2 unspecified atom stereocenters. The lowest BCUT2D eigenvalue weighted by atomic mass is 10.0. The summed E-state index contributed by atoms with van der Waals surface area (Å²) in [6.07, 6.45) is 3.82. The summed E-state index contributed by atoms with van der Waals surface area (Å²) in [5, 5.41) is 18.0. The Hall–Kier alpha value is -3.75. The molecule has 222 valence electrons. The van der Waals surface area contributed by atoms with E-state index in [0.29, 0.717) is 30.3 Å². The molecule has 0 amide bonds. The molecule has 3 aliphatic rings. The van der Waals surface area contributed by atoms with Gasteiger partial charge in [-0.25, -0.2) is 18.2 Å². The fourth-order valence-corrected chi connectivity index (χ4v) is 6.96. The first kappa shape index (κ1) is 28.4. The lowest BCUT2D eigenvalue weighted by Gasteiger charge is -2.21. The number of nitrogens with zero attached hydrogens (tertiary/aromatic N) is 5. The van der Waals surface area contributed by atoms with Gasteiger partial charge in [0.1, 0.15) is 41.0 Å². The molecule has 0 radical (unpaired) electrons. The maximum atomic E-state index is 16.0. The summed E-state index contributed by atoms with van der Waals surface area (Å²) in [4.78, 5) is 17.0. The van der Waals surface area contributed by atoms with Crippen LogP contribution in [0.2, 0.25) is 0 Å². The number of pyridine rings is 1. The smallest absolute Gasteiger partial charge is 0.318 e. The Morgan fingerprint density at radius 1 is 1.24 bits per heavy atom. The summed E-state index contributed by atoms with van der Waals surface area (Å²) in [6, 6.07) is 3.16. The summed E-state index contributed by atoms with van der Waals surface area (Å²) in [5.74, 6) is -0.865. The van der Waals surface area contributed by atoms with Crippen molar-refractivity contribution >= 4 is 49.4 Å². The number of hydrogen-bond donors (Lipinski definition) is 3. The maximum absolute atomic E-state index is 16.0. The summed E-state index contributed by atoms with van der Waals surface area (Å²) in [5.41, 5.74) is 6.33. The molecule has 3 aliphatic heterocycles. The molecule has 0 bridgehead atoms. The van der Waals surface area contributed by atoms with E-state index in [9.17, 15) is 13.9 Å². The Balaban J connectivity index is 0.000000296. The van der Waals surface area contributed by atoms with E-state index in [1.807, 2.05) is 0 Å². The monoisotopic (exact) mass is 601 g/mol. The second-order valence-electron chi connectivity index (χ2n) is 10.3. The number of β-amino-alcohol motifs (C(OH)–C–C–N with tert-alkyl or cyclic N) is 1. The van der Waals surface area contributed by atoms with Crippen molar-refractivity contribution in [1.29, 1.82) is 5.41 Å². The van der Waals surface area contributed by atoms with Crippen molar-refractivity contribution in [1.82, 2.24) is 19.9 Å². The number of halogens is 3. The lowest BCUT2D eigenvalue weighted by molar-refractivity contribution is 0.290. The highest BCUT2D eigenvalue weighted by molar-refractivity contribution is 7.23. The third-order valence-electron chi connectivity index (χ3n) is 7.88. The Bertz CT molecular complexity index is 1660. The number of hydrogen-bond acceptors (Lipinski definition) is 11. The Kier molecular flexibility index (Phi) is 7.77. The Morgan fingerprint density at radius 2 is 2.07 bits per heavy atom. The largest absolute Gasteiger partial charge is 0.475 e. The number of nitrogen functional groups attached to an aromatic ring is 1. The molecule has 0 aliphatic carbocycles. The van der Waals surface area contributed by atoms with Gasteiger partial charge < -0.3 is 30.6 Å². The molecule has 2 saturated heterocycles. The molecule has 7 rings (SSSR count). The number of nitrogens with one attached hydrogen (secondary N) is 1. The number of ether oxygens (including phenoxy) is 2. The van der Waals surface area contributed by atoms with E-state index in [-0.39, 0.29) is 69.1 Å². The first-order valence-electron chi connectivity index (χ1n) is 13.7. The molecule has 1 aromatic carbocycles. The number of benzene rings is 1. The number of fused-ring (bicyclic) bond motifs is 2. The number of alkyl halides is 1. The molecule has 3 aromatic heterocycles. The molecule has 4 N–H and O–H groups in total. The molecule has 14 heteroatoms. The van der Waals surface area contributed by atoms with Gasteiger partial charge in [0, 0.05) is 41.9 Å². The number of thiophene rings is 1. The predicted octanol–water partition coefficient (Wildman–Crippen LogP) is 4.16. The number of aliphatic hydroxyl groups excluding tert-OH is 1. The Labute approximate surface area is 243 Å². The summed E-state index contributed by atoms with van der Waals surface area (Å²) < 4.78 is 54.3. The van der Waals surface area contributed by atoms with Crippen molar-refractivity contribution in [3.8, 4) is 23.1 Å². The minimum Gasteiger partial charge on any atom is -0.475 e. The fourth-order valence-electron chi connectivity index (χ4n) is 5.98. The van der Waals surface area contributed by atoms with Crippen LogP contribution in [0, 0.1) is 17.0 Å². The van der Waals surface area contributed by atoms with Gasteiger partial charge in [-0.05, 0) is 37.9 Å². The van der Waals surface area contributed by atoms with Crippen molar-refractivity contribution in [2.24, 2.45) is 0 Å². The van der Waals surface area contributed by atoms with E-state index in [4.69, 9.17) is 20.6 Å². The van der Waals surface area contributed by atoms with Gasteiger partial charge in [-0.15, -0.1) is 11.3 Å². The second kappa shape index (κ2) is 11.5. The highest BCUT2D eigenvalue weighted by Crippen LogP contribution is 2.44. The third-order valence-corrected chi connectivity index (χ3v) is 8.92. The average Bonchev–Trinajstić information content (AvgIpc) is 3.63. The molecule has 6 heterocycles. The quantitative estimate of drug-likeness (QED) is 0.289. The highest BCUT2D eigenvalue weighted by atomic mass is 32.1. The summed E-state index contributed by atoms with van der Waals surface area (Å²) in [7, 11) is 1.37. The number of aromatic nitrogens is 3. The van der Waals surface area contributed by atoms with Crippen LogP contribution in [0.1, 0.15) is 24.8 Å². The van der Waals surface area contributed by atoms with E-state index < -0.39 is 17.8 Å². The van der Waals surface area contributed by atoms with Crippen LogP contribution in [0.3, 0.4) is 0 Å². The van der Waals surface area contributed by atoms with Gasteiger partial charge in [0.25, 0.3) is 0 Å². The molecule has 4 aromatic rings. The van der Waals surface area contributed by atoms with E-state index in [1.54, 1.807) is 4.90 Å². The van der Waals surface area contributed by atoms with Crippen molar-refractivity contribution in [3.63, 3.8) is 0 Å².